The van der Waals surface area contributed by atoms with E-state index in [0.29, 0.717) is 36.9 Å². The van der Waals surface area contributed by atoms with Crippen LogP contribution in [0, 0.1) is 11.7 Å². The first-order valence-corrected chi connectivity index (χ1v) is 11.6. The fourth-order valence-corrected chi connectivity index (χ4v) is 5.19. The van der Waals surface area contributed by atoms with Crippen LogP contribution in [0.25, 0.3) is 10.9 Å². The van der Waals surface area contributed by atoms with Gasteiger partial charge in [-0.2, -0.15) is 10.1 Å². The number of hydrazine groups is 1. The number of benzene rings is 1. The van der Waals surface area contributed by atoms with Crippen LogP contribution in [0.1, 0.15) is 25.7 Å². The molecule has 1 saturated heterocycles. The molecule has 10 heteroatoms. The summed E-state index contributed by atoms with van der Waals surface area (Å²) in [5, 5.41) is 8.54. The molecule has 3 heterocycles. The van der Waals surface area contributed by atoms with E-state index in [2.05, 4.69) is 36.1 Å². The standard InChI is InChI=1S/C23H31FN8O/c1-31-20-8-7-16(11-15(20)12-27-31)28-23-25-14-18(24)22(29-23)32(9-4-10-33-2)21-6-3-5-19-17(21)13-26-30-19/h7-8,11-12,14,17,19,21,26,30H,3-6,9-10,13H2,1-2H3,(H,25,28,29). The summed E-state index contributed by atoms with van der Waals surface area (Å²) in [6.07, 6.45) is 7.14. The first-order valence-electron chi connectivity index (χ1n) is 11.6. The third-order valence-corrected chi connectivity index (χ3v) is 6.80. The number of aromatic nitrogens is 4. The quantitative estimate of drug-likeness (QED) is 0.448. The summed E-state index contributed by atoms with van der Waals surface area (Å²) in [5.74, 6) is 0.729. The maximum Gasteiger partial charge on any atom is 0.229 e. The Labute approximate surface area is 192 Å². The van der Waals surface area contributed by atoms with Crippen LogP contribution in [0.5, 0.6) is 0 Å². The van der Waals surface area contributed by atoms with Crippen molar-refractivity contribution >= 4 is 28.4 Å². The van der Waals surface area contributed by atoms with Crippen molar-refractivity contribution in [2.75, 3.05) is 37.0 Å². The molecule has 3 aromatic rings. The number of methoxy groups -OCH3 is 1. The monoisotopic (exact) mass is 454 g/mol. The molecule has 9 nitrogen and oxygen atoms in total. The van der Waals surface area contributed by atoms with Crippen LogP contribution in [0.15, 0.2) is 30.6 Å². The highest BCUT2D eigenvalue weighted by molar-refractivity contribution is 5.83. The molecule has 3 N–H and O–H groups in total. The van der Waals surface area contributed by atoms with Gasteiger partial charge in [-0.3, -0.25) is 15.5 Å². The number of fused-ring (bicyclic) bond motifs is 2. The number of hydrogen-bond acceptors (Lipinski definition) is 8. The Balaban J connectivity index is 1.43. The minimum Gasteiger partial charge on any atom is -0.385 e. The van der Waals surface area contributed by atoms with Gasteiger partial charge in [0.15, 0.2) is 11.6 Å². The number of aryl methyl sites for hydroxylation is 1. The van der Waals surface area contributed by atoms with Gasteiger partial charge in [-0.1, -0.05) is 0 Å². The van der Waals surface area contributed by atoms with Gasteiger partial charge in [0.2, 0.25) is 5.95 Å². The number of rotatable bonds is 8. The highest BCUT2D eigenvalue weighted by Gasteiger charge is 2.40. The van der Waals surface area contributed by atoms with Gasteiger partial charge < -0.3 is 15.0 Å². The van der Waals surface area contributed by atoms with Crippen LogP contribution in [0.4, 0.5) is 21.8 Å². The SMILES string of the molecule is COCCCN(c1nc(Nc2ccc3c(cnn3C)c2)ncc1F)C1CCCC2NNCC21. The lowest BCUT2D eigenvalue weighted by atomic mass is 9.80. The van der Waals surface area contributed by atoms with Gasteiger partial charge in [-0.25, -0.2) is 9.37 Å². The number of nitrogens with one attached hydrogen (secondary N) is 3. The average molecular weight is 455 g/mol. The zero-order valence-electron chi connectivity index (χ0n) is 19.1. The molecule has 2 fully saturated rings. The molecule has 33 heavy (non-hydrogen) atoms. The predicted octanol–water partition coefficient (Wildman–Crippen LogP) is 2.73. The van der Waals surface area contributed by atoms with Gasteiger partial charge >= 0.3 is 0 Å². The van der Waals surface area contributed by atoms with Gasteiger partial charge in [0, 0.05) is 62.9 Å². The number of nitrogens with zero attached hydrogens (tertiary/aromatic N) is 5. The van der Waals surface area contributed by atoms with Crippen molar-refractivity contribution in [3.8, 4) is 0 Å². The van der Waals surface area contributed by atoms with Crippen LogP contribution < -0.4 is 21.1 Å². The summed E-state index contributed by atoms with van der Waals surface area (Å²) >= 11 is 0. The van der Waals surface area contributed by atoms with Gasteiger partial charge in [0.25, 0.3) is 0 Å². The van der Waals surface area contributed by atoms with Crippen LogP contribution in [-0.2, 0) is 11.8 Å². The molecule has 0 radical (unpaired) electrons. The molecule has 0 amide bonds. The molecular weight excluding hydrogens is 423 g/mol. The van der Waals surface area contributed by atoms with Crippen molar-refractivity contribution < 1.29 is 9.13 Å². The number of hydrogen-bond donors (Lipinski definition) is 3. The van der Waals surface area contributed by atoms with E-state index in [9.17, 15) is 0 Å². The van der Waals surface area contributed by atoms with Crippen molar-refractivity contribution in [1.29, 1.82) is 0 Å². The van der Waals surface area contributed by atoms with Crippen molar-refractivity contribution in [3.63, 3.8) is 0 Å². The average Bonchev–Trinajstić information content (AvgIpc) is 3.45. The smallest absolute Gasteiger partial charge is 0.229 e. The zero-order chi connectivity index (χ0) is 22.8. The topological polar surface area (TPSA) is 92.2 Å². The Hall–Kier alpha value is -2.82. The zero-order valence-corrected chi connectivity index (χ0v) is 19.1. The lowest BCUT2D eigenvalue weighted by Gasteiger charge is -2.41. The summed E-state index contributed by atoms with van der Waals surface area (Å²) in [6.45, 7) is 2.17. The second-order valence-corrected chi connectivity index (χ2v) is 8.87. The lowest BCUT2D eigenvalue weighted by Crippen LogP contribution is -2.50. The Bertz CT molecular complexity index is 1110. The van der Waals surface area contributed by atoms with Crippen molar-refractivity contribution in [2.45, 2.75) is 37.8 Å². The second-order valence-electron chi connectivity index (χ2n) is 8.87. The van der Waals surface area contributed by atoms with Gasteiger partial charge in [-0.05, 0) is 43.9 Å². The summed E-state index contributed by atoms with van der Waals surface area (Å²) in [6, 6.07) is 6.55. The Morgan fingerprint density at radius 3 is 3.09 bits per heavy atom. The Morgan fingerprint density at radius 1 is 1.30 bits per heavy atom. The molecule has 1 aromatic carbocycles. The van der Waals surface area contributed by atoms with E-state index in [0.717, 1.165) is 48.8 Å². The summed E-state index contributed by atoms with van der Waals surface area (Å²) < 4.78 is 22.2. The normalized spacial score (nSPS) is 22.5. The van der Waals surface area contributed by atoms with E-state index < -0.39 is 5.82 Å². The fraction of sp³-hybridized carbons (Fsp3) is 0.522. The maximum absolute atomic E-state index is 15.1. The number of anilines is 3. The van der Waals surface area contributed by atoms with E-state index in [1.54, 1.807) is 7.11 Å². The molecule has 176 valence electrons. The van der Waals surface area contributed by atoms with E-state index in [-0.39, 0.29) is 6.04 Å². The maximum atomic E-state index is 15.1. The Kier molecular flexibility index (Phi) is 6.39. The fourth-order valence-electron chi connectivity index (χ4n) is 5.19. The molecule has 3 unspecified atom stereocenters. The van der Waals surface area contributed by atoms with Crippen molar-refractivity contribution in [3.05, 3.63) is 36.4 Å². The summed E-state index contributed by atoms with van der Waals surface area (Å²) in [7, 11) is 3.60. The predicted molar refractivity (Wildman–Crippen MR) is 126 cm³/mol. The molecule has 5 rings (SSSR count). The van der Waals surface area contributed by atoms with Gasteiger partial charge in [0.1, 0.15) is 0 Å². The lowest BCUT2D eigenvalue weighted by molar-refractivity contribution is 0.192. The molecule has 2 aliphatic rings. The summed E-state index contributed by atoms with van der Waals surface area (Å²) in [4.78, 5) is 11.0. The first kappa shape index (κ1) is 22.0. The molecule has 1 aliphatic heterocycles. The molecular formula is C23H31FN8O. The Morgan fingerprint density at radius 2 is 2.21 bits per heavy atom. The number of halogens is 1. The van der Waals surface area contributed by atoms with Gasteiger partial charge in [0.05, 0.1) is 17.9 Å². The number of ether oxygens (including phenoxy) is 1. The van der Waals surface area contributed by atoms with Crippen LogP contribution >= 0.6 is 0 Å². The second kappa shape index (κ2) is 9.58. The van der Waals surface area contributed by atoms with Crippen LogP contribution in [-0.4, -0.2) is 58.6 Å². The first-order chi connectivity index (χ1) is 16.1. The van der Waals surface area contributed by atoms with Crippen molar-refractivity contribution in [1.82, 2.24) is 30.6 Å². The molecule has 0 bridgehead atoms. The van der Waals surface area contributed by atoms with E-state index >= 15 is 4.39 Å². The van der Waals surface area contributed by atoms with Crippen LogP contribution in [0.3, 0.4) is 0 Å². The van der Waals surface area contributed by atoms with E-state index in [1.165, 1.54) is 6.20 Å². The summed E-state index contributed by atoms with van der Waals surface area (Å²) in [5.41, 5.74) is 8.56. The largest absolute Gasteiger partial charge is 0.385 e. The third-order valence-electron chi connectivity index (χ3n) is 6.80. The molecule has 3 atom stereocenters. The molecule has 0 spiro atoms. The van der Waals surface area contributed by atoms with Gasteiger partial charge in [-0.15, -0.1) is 0 Å². The molecule has 1 aliphatic carbocycles. The third kappa shape index (κ3) is 4.50. The minimum absolute atomic E-state index is 0.201. The highest BCUT2D eigenvalue weighted by Crippen LogP contribution is 2.34. The van der Waals surface area contributed by atoms with E-state index in [4.69, 9.17) is 4.74 Å². The van der Waals surface area contributed by atoms with Crippen molar-refractivity contribution in [2.24, 2.45) is 13.0 Å². The minimum atomic E-state index is -0.401. The highest BCUT2D eigenvalue weighted by atomic mass is 19.1. The molecule has 2 aromatic heterocycles. The van der Waals surface area contributed by atoms with E-state index in [1.807, 2.05) is 36.1 Å². The molecule has 1 saturated carbocycles. The van der Waals surface area contributed by atoms with Crippen LogP contribution in [0.2, 0.25) is 0 Å².